The smallest absolute Gasteiger partial charge is 0.326 e. The average Bonchev–Trinajstić information content (AvgIpc) is 2.90. The summed E-state index contributed by atoms with van der Waals surface area (Å²) in [5.74, 6) is 9.80. The van der Waals surface area contributed by atoms with Crippen molar-refractivity contribution in [3.05, 3.63) is 34.6 Å². The van der Waals surface area contributed by atoms with Crippen LogP contribution in [0.3, 0.4) is 0 Å². The highest BCUT2D eigenvalue weighted by Crippen LogP contribution is 2.48. The van der Waals surface area contributed by atoms with Gasteiger partial charge in [-0.15, -0.1) is 5.92 Å². The van der Waals surface area contributed by atoms with E-state index in [1.165, 1.54) is 38.5 Å². The van der Waals surface area contributed by atoms with Gasteiger partial charge in [0.05, 0.1) is 11.0 Å². The van der Waals surface area contributed by atoms with E-state index in [0.29, 0.717) is 60.6 Å². The average molecular weight is 571 g/mol. The van der Waals surface area contributed by atoms with E-state index in [9.17, 15) is 14.7 Å². The Bertz CT molecular complexity index is 1460. The van der Waals surface area contributed by atoms with Gasteiger partial charge < -0.3 is 14.6 Å². The van der Waals surface area contributed by atoms with Gasteiger partial charge in [0.1, 0.15) is 6.04 Å². The summed E-state index contributed by atoms with van der Waals surface area (Å²) in [5.41, 5.74) is 1.52. The van der Waals surface area contributed by atoms with Crippen molar-refractivity contribution >= 4 is 22.8 Å². The van der Waals surface area contributed by atoms with Crippen LogP contribution in [-0.4, -0.2) is 56.2 Å². The molecule has 9 atom stereocenters. The van der Waals surface area contributed by atoms with E-state index in [1.807, 2.05) is 28.8 Å². The van der Waals surface area contributed by atoms with Gasteiger partial charge in [-0.2, -0.15) is 0 Å². The third-order valence-electron chi connectivity index (χ3n) is 11.7. The first kappa shape index (κ1) is 28.0. The van der Waals surface area contributed by atoms with Crippen LogP contribution >= 0.6 is 0 Å². The molecular weight excluding hydrogens is 524 g/mol. The Hall–Kier alpha value is -2.85. The lowest BCUT2D eigenvalue weighted by molar-refractivity contribution is -0.140. The van der Waals surface area contributed by atoms with Crippen LogP contribution in [0.1, 0.15) is 91.0 Å². The van der Waals surface area contributed by atoms with Crippen LogP contribution in [0.25, 0.3) is 11.0 Å². The number of fused-ring (bicyclic) bond motifs is 9. The second-order valence-electron chi connectivity index (χ2n) is 14.3. The standard InChI is InChI=1S/C35H46N4O3/c1-4-23-15-24-8-7-9-25(16-23)18-26(17-24)38-31-19-27(20-32(38)22(3)14-21(31)2)39-29-11-6-5-10-28(29)36-33(34(39)40)37-13-12-30(37)35(41)42/h5-6,10-11,21-27,30-32H,4,8,12-20H2,1-3H3,(H,41,42). The zero-order valence-corrected chi connectivity index (χ0v) is 25.4. The summed E-state index contributed by atoms with van der Waals surface area (Å²) in [6.45, 7) is 7.77. The summed E-state index contributed by atoms with van der Waals surface area (Å²) in [7, 11) is 0. The number of rotatable bonds is 5. The Morgan fingerprint density at radius 1 is 1.00 bits per heavy atom. The van der Waals surface area contributed by atoms with E-state index in [0.717, 1.165) is 36.2 Å². The maximum Gasteiger partial charge on any atom is 0.326 e. The summed E-state index contributed by atoms with van der Waals surface area (Å²) in [5, 5.41) is 9.74. The molecule has 0 radical (unpaired) electrons. The molecule has 0 amide bonds. The highest BCUT2D eigenvalue weighted by Gasteiger charge is 2.49. The van der Waals surface area contributed by atoms with Crippen LogP contribution in [0, 0.1) is 41.4 Å². The van der Waals surface area contributed by atoms with Gasteiger partial charge in [-0.1, -0.05) is 45.2 Å². The topological polar surface area (TPSA) is 78.7 Å². The number of carbonyl (C=O) groups is 1. The summed E-state index contributed by atoms with van der Waals surface area (Å²) >= 11 is 0. The lowest BCUT2D eigenvalue weighted by Gasteiger charge is -2.58. The molecule has 1 N–H and O–H groups in total. The highest BCUT2D eigenvalue weighted by molar-refractivity contribution is 5.81. The van der Waals surface area contributed by atoms with Gasteiger partial charge in [0.2, 0.25) is 0 Å². The fourth-order valence-corrected chi connectivity index (χ4v) is 9.62. The van der Waals surface area contributed by atoms with Gasteiger partial charge in [0, 0.05) is 43.1 Å². The number of hydrogen-bond donors (Lipinski definition) is 1. The van der Waals surface area contributed by atoms with Crippen molar-refractivity contribution in [2.45, 2.75) is 115 Å². The molecule has 4 bridgehead atoms. The molecule has 7 heteroatoms. The van der Waals surface area contributed by atoms with Crippen LogP contribution in [-0.2, 0) is 4.79 Å². The van der Waals surface area contributed by atoms with Gasteiger partial charge in [-0.3, -0.25) is 9.69 Å². The fourth-order valence-electron chi connectivity index (χ4n) is 9.62. The van der Waals surface area contributed by atoms with Crippen LogP contribution in [0.4, 0.5) is 5.82 Å². The Labute approximate surface area is 249 Å². The molecule has 4 fully saturated rings. The molecule has 3 aliphatic carbocycles. The molecule has 4 heterocycles. The number of aliphatic carboxylic acids is 1. The van der Waals surface area contributed by atoms with Crippen LogP contribution in [0.5, 0.6) is 0 Å². The molecule has 1 aromatic heterocycles. The minimum Gasteiger partial charge on any atom is -0.480 e. The maximum absolute atomic E-state index is 14.3. The second kappa shape index (κ2) is 11.0. The molecule has 9 unspecified atom stereocenters. The van der Waals surface area contributed by atoms with Gasteiger partial charge in [-0.25, -0.2) is 9.78 Å². The lowest BCUT2D eigenvalue weighted by atomic mass is 9.68. The molecule has 1 saturated carbocycles. The normalized spacial score (nSPS) is 38.1. The Kier molecular flexibility index (Phi) is 7.33. The van der Waals surface area contributed by atoms with Crippen molar-refractivity contribution in [1.29, 1.82) is 0 Å². The molecule has 3 saturated heterocycles. The number of nitrogens with zero attached hydrogens (tertiary/aromatic N) is 4. The van der Waals surface area contributed by atoms with Crippen LogP contribution < -0.4 is 10.5 Å². The minimum atomic E-state index is -0.883. The fraction of sp³-hybridized carbons (Fsp3) is 0.686. The quantitative estimate of drug-likeness (QED) is 0.464. The molecule has 7 nitrogen and oxygen atoms in total. The second-order valence-corrected chi connectivity index (χ2v) is 14.3. The van der Waals surface area contributed by atoms with E-state index in [4.69, 9.17) is 4.98 Å². The Balaban J connectivity index is 1.25. The summed E-state index contributed by atoms with van der Waals surface area (Å²) in [6.07, 6.45) is 11.0. The summed E-state index contributed by atoms with van der Waals surface area (Å²) in [6, 6.07) is 8.76. The van der Waals surface area contributed by atoms with E-state index in [1.54, 1.807) is 4.90 Å². The maximum atomic E-state index is 14.3. The number of carboxylic acid groups (broad SMARTS) is 1. The molecule has 6 aliphatic rings. The molecule has 2 aromatic rings. The van der Waals surface area contributed by atoms with E-state index < -0.39 is 12.0 Å². The third-order valence-corrected chi connectivity index (χ3v) is 11.7. The van der Waals surface area contributed by atoms with Crippen molar-refractivity contribution in [1.82, 2.24) is 14.5 Å². The number of aromatic nitrogens is 2. The molecule has 224 valence electrons. The Morgan fingerprint density at radius 3 is 2.45 bits per heavy atom. The van der Waals surface area contributed by atoms with E-state index >= 15 is 0 Å². The first-order chi connectivity index (χ1) is 20.3. The third kappa shape index (κ3) is 4.75. The van der Waals surface area contributed by atoms with Crippen molar-refractivity contribution in [2.24, 2.45) is 29.6 Å². The van der Waals surface area contributed by atoms with Gasteiger partial charge in [0.15, 0.2) is 5.82 Å². The predicted octanol–water partition coefficient (Wildman–Crippen LogP) is 5.72. The van der Waals surface area contributed by atoms with Crippen molar-refractivity contribution in [2.75, 3.05) is 11.4 Å². The molecule has 3 aliphatic heterocycles. The zero-order valence-electron chi connectivity index (χ0n) is 25.4. The molecule has 8 rings (SSSR count). The first-order valence-corrected chi connectivity index (χ1v) is 16.6. The number of benzene rings is 1. The van der Waals surface area contributed by atoms with Crippen LogP contribution in [0.15, 0.2) is 29.1 Å². The Morgan fingerprint density at radius 2 is 1.76 bits per heavy atom. The van der Waals surface area contributed by atoms with E-state index in [2.05, 4.69) is 37.5 Å². The van der Waals surface area contributed by atoms with E-state index in [-0.39, 0.29) is 11.6 Å². The summed E-state index contributed by atoms with van der Waals surface area (Å²) in [4.78, 5) is 35.5. The monoisotopic (exact) mass is 570 g/mol. The van der Waals surface area contributed by atoms with Crippen molar-refractivity contribution in [3.63, 3.8) is 0 Å². The van der Waals surface area contributed by atoms with Crippen LogP contribution in [0.2, 0.25) is 0 Å². The molecule has 1 aromatic carbocycles. The number of piperidine rings is 2. The molecular formula is C35H46N4O3. The lowest BCUT2D eigenvalue weighted by Crippen LogP contribution is -2.63. The SMILES string of the molecule is CCC1CC2C#CCC(C1)CC(N1C3CC(n4c(=O)c(N5CCC5C(=O)O)nc5ccccc54)CC1C(C)CC3C)C2. The van der Waals surface area contributed by atoms with Gasteiger partial charge >= 0.3 is 5.97 Å². The number of carboxylic acids is 1. The first-order valence-electron chi connectivity index (χ1n) is 16.6. The summed E-state index contributed by atoms with van der Waals surface area (Å²) < 4.78 is 2.02. The van der Waals surface area contributed by atoms with Gasteiger partial charge in [0.25, 0.3) is 5.56 Å². The largest absolute Gasteiger partial charge is 0.480 e. The van der Waals surface area contributed by atoms with Crippen molar-refractivity contribution < 1.29 is 9.90 Å². The molecule has 42 heavy (non-hydrogen) atoms. The minimum absolute atomic E-state index is 0.0717. The van der Waals surface area contributed by atoms with Crippen molar-refractivity contribution in [3.8, 4) is 11.8 Å². The predicted molar refractivity (Wildman–Crippen MR) is 165 cm³/mol. The number of para-hydroxylation sites is 2. The highest BCUT2D eigenvalue weighted by atomic mass is 16.4. The van der Waals surface area contributed by atoms with Gasteiger partial charge in [-0.05, 0) is 87.2 Å². The number of hydrogen-bond acceptors (Lipinski definition) is 5. The zero-order chi connectivity index (χ0) is 29.1. The molecule has 0 spiro atoms. The number of anilines is 1.